The van der Waals surface area contributed by atoms with Gasteiger partial charge < -0.3 is 9.47 Å². The number of nitrogens with zero attached hydrogens (tertiary/aromatic N) is 2. The highest BCUT2D eigenvalue weighted by Gasteiger charge is 2.29. The van der Waals surface area contributed by atoms with Gasteiger partial charge in [-0.1, -0.05) is 195 Å². The second kappa shape index (κ2) is 16.8. The molecule has 1 aliphatic carbocycles. The second-order valence-electron chi connectivity index (χ2n) is 17.9. The van der Waals surface area contributed by atoms with Gasteiger partial charge in [-0.25, -0.2) is 0 Å². The molecular formula is C65H48N2. The van der Waals surface area contributed by atoms with Crippen LogP contribution in [0, 0.1) is 0 Å². The average molecular weight is 857 g/mol. The molecule has 1 heterocycles. The Morgan fingerprint density at radius 3 is 1.69 bits per heavy atom. The largest absolute Gasteiger partial charge is 0.310 e. The van der Waals surface area contributed by atoms with Crippen LogP contribution in [-0.2, 0) is 5.41 Å². The molecule has 1 atom stereocenters. The molecule has 11 aromatic rings. The summed E-state index contributed by atoms with van der Waals surface area (Å²) in [4.78, 5) is 2.48. The Labute approximate surface area is 392 Å². The van der Waals surface area contributed by atoms with Gasteiger partial charge in [0.15, 0.2) is 0 Å². The van der Waals surface area contributed by atoms with Gasteiger partial charge in [-0.2, -0.15) is 0 Å². The molecule has 1 unspecified atom stereocenters. The van der Waals surface area contributed by atoms with Crippen LogP contribution in [0.2, 0.25) is 0 Å². The molecule has 0 saturated carbocycles. The highest BCUT2D eigenvalue weighted by atomic mass is 15.1. The molecule has 10 aromatic carbocycles. The van der Waals surface area contributed by atoms with Crippen LogP contribution in [0.1, 0.15) is 18.9 Å². The zero-order chi connectivity index (χ0) is 44.7. The molecule has 12 rings (SSSR count). The maximum absolute atomic E-state index is 2.48. The lowest BCUT2D eigenvalue weighted by molar-refractivity contribution is 0.600. The molecule has 0 fully saturated rings. The lowest BCUT2D eigenvalue weighted by Gasteiger charge is -2.35. The summed E-state index contributed by atoms with van der Waals surface area (Å²) in [5.41, 5.74) is 17.6. The molecule has 0 saturated heterocycles. The monoisotopic (exact) mass is 856 g/mol. The predicted molar refractivity (Wildman–Crippen MR) is 285 cm³/mol. The number of benzene rings is 10. The minimum atomic E-state index is -0.187. The minimum Gasteiger partial charge on any atom is -0.310 e. The molecule has 0 bridgehead atoms. The first-order valence-electron chi connectivity index (χ1n) is 23.3. The summed E-state index contributed by atoms with van der Waals surface area (Å²) in [5.74, 6) is 0. The fourth-order valence-corrected chi connectivity index (χ4v) is 10.4. The van der Waals surface area contributed by atoms with E-state index in [1.54, 1.807) is 0 Å². The summed E-state index contributed by atoms with van der Waals surface area (Å²) in [6.07, 6.45) is 9.95. The summed E-state index contributed by atoms with van der Waals surface area (Å²) in [6, 6.07) is 86.7. The Morgan fingerprint density at radius 2 is 1.00 bits per heavy atom. The SMILES string of the molecule is CC1(c2ccccc2N(c2ccc(-c3cc(-c4ccccc4)cc(-c4ccccc4)c3)cc2)c2cccc(-c3c4ccccc4cc4c3c3ccccc3n4-c3ccccc3)c2)C=CC=CC1. The molecule has 0 spiro atoms. The van der Waals surface area contributed by atoms with E-state index in [0.29, 0.717) is 0 Å². The Kier molecular flexibility index (Phi) is 10.1. The van der Waals surface area contributed by atoms with E-state index in [0.717, 1.165) is 29.2 Å². The van der Waals surface area contributed by atoms with Gasteiger partial charge in [-0.05, 0) is 140 Å². The Hall–Kier alpha value is -8.46. The standard InChI is InChI=1S/C65H48N2/c1-65(39-18-5-19-40-65)59-32-15-17-34-61(59)66(55-37-35-48(36-38-55)53-42-51(46-21-6-2-7-22-46)41-52(43-53)47-23-8-3-9-24-47)56-29-20-26-50(44-56)63-57-30-13-12-25-49(57)45-62-64(63)58-31-14-16-33-60(58)67(62)54-27-10-4-11-28-54/h2-39,41-45H,40H2,1H3. The number of hydrogen-bond acceptors (Lipinski definition) is 1. The molecule has 0 radical (unpaired) electrons. The highest BCUT2D eigenvalue weighted by Crippen LogP contribution is 2.48. The number of anilines is 3. The topological polar surface area (TPSA) is 8.17 Å². The third-order valence-corrected chi connectivity index (χ3v) is 13.7. The first-order chi connectivity index (χ1) is 33.1. The van der Waals surface area contributed by atoms with Crippen LogP contribution in [0.3, 0.4) is 0 Å². The highest BCUT2D eigenvalue weighted by molar-refractivity contribution is 6.23. The summed E-state index contributed by atoms with van der Waals surface area (Å²) in [5, 5.41) is 4.94. The van der Waals surface area contributed by atoms with E-state index in [1.165, 1.54) is 82.6 Å². The maximum atomic E-state index is 2.48. The summed E-state index contributed by atoms with van der Waals surface area (Å²) in [6.45, 7) is 2.36. The second-order valence-corrected chi connectivity index (χ2v) is 17.9. The van der Waals surface area contributed by atoms with E-state index in [9.17, 15) is 0 Å². The number of allylic oxidation sites excluding steroid dienone is 4. The maximum Gasteiger partial charge on any atom is 0.0553 e. The van der Waals surface area contributed by atoms with Crippen molar-refractivity contribution in [1.82, 2.24) is 4.57 Å². The van der Waals surface area contributed by atoms with E-state index in [2.05, 4.69) is 277 Å². The number of aromatic nitrogens is 1. The quantitative estimate of drug-likeness (QED) is 0.140. The van der Waals surface area contributed by atoms with E-state index in [-0.39, 0.29) is 5.41 Å². The van der Waals surface area contributed by atoms with Crippen LogP contribution in [0.5, 0.6) is 0 Å². The van der Waals surface area contributed by atoms with Crippen molar-refractivity contribution in [1.29, 1.82) is 0 Å². The first kappa shape index (κ1) is 40.1. The van der Waals surface area contributed by atoms with Crippen LogP contribution in [0.25, 0.3) is 82.8 Å². The minimum absolute atomic E-state index is 0.187. The van der Waals surface area contributed by atoms with Crippen molar-refractivity contribution in [3.63, 3.8) is 0 Å². The molecule has 1 aromatic heterocycles. The van der Waals surface area contributed by atoms with Crippen LogP contribution in [0.15, 0.2) is 261 Å². The lowest BCUT2D eigenvalue weighted by atomic mass is 9.76. The van der Waals surface area contributed by atoms with Gasteiger partial charge in [-0.15, -0.1) is 0 Å². The fourth-order valence-electron chi connectivity index (χ4n) is 10.4. The van der Waals surface area contributed by atoms with Gasteiger partial charge >= 0.3 is 0 Å². The Bertz CT molecular complexity index is 3600. The summed E-state index contributed by atoms with van der Waals surface area (Å²) >= 11 is 0. The number of para-hydroxylation sites is 3. The van der Waals surface area contributed by atoms with Crippen molar-refractivity contribution < 1.29 is 0 Å². The third kappa shape index (κ3) is 7.24. The first-order valence-corrected chi connectivity index (χ1v) is 23.3. The van der Waals surface area contributed by atoms with E-state index in [4.69, 9.17) is 0 Å². The zero-order valence-corrected chi connectivity index (χ0v) is 37.4. The van der Waals surface area contributed by atoms with Gasteiger partial charge in [0, 0.05) is 33.2 Å². The van der Waals surface area contributed by atoms with Crippen molar-refractivity contribution in [2.24, 2.45) is 0 Å². The third-order valence-electron chi connectivity index (χ3n) is 13.7. The van der Waals surface area contributed by atoms with Crippen molar-refractivity contribution >= 4 is 49.6 Å². The van der Waals surface area contributed by atoms with Gasteiger partial charge in [-0.3, -0.25) is 0 Å². The van der Waals surface area contributed by atoms with Gasteiger partial charge in [0.05, 0.1) is 16.7 Å². The molecule has 2 nitrogen and oxygen atoms in total. The van der Waals surface area contributed by atoms with Crippen LogP contribution < -0.4 is 4.90 Å². The van der Waals surface area contributed by atoms with Crippen LogP contribution in [0.4, 0.5) is 17.1 Å². The van der Waals surface area contributed by atoms with E-state index >= 15 is 0 Å². The van der Waals surface area contributed by atoms with Gasteiger partial charge in [0.2, 0.25) is 0 Å². The summed E-state index contributed by atoms with van der Waals surface area (Å²) < 4.78 is 2.43. The molecule has 0 amide bonds. The zero-order valence-electron chi connectivity index (χ0n) is 37.4. The number of hydrogen-bond donors (Lipinski definition) is 0. The van der Waals surface area contributed by atoms with E-state index in [1.807, 2.05) is 0 Å². The molecular weight excluding hydrogens is 809 g/mol. The fraction of sp³-hybridized carbons (Fsp3) is 0.0462. The Morgan fingerprint density at radius 1 is 0.418 bits per heavy atom. The average Bonchev–Trinajstić information content (AvgIpc) is 3.73. The number of rotatable bonds is 9. The summed E-state index contributed by atoms with van der Waals surface area (Å²) in [7, 11) is 0. The van der Waals surface area contributed by atoms with Crippen LogP contribution in [-0.4, -0.2) is 4.57 Å². The van der Waals surface area contributed by atoms with Crippen molar-refractivity contribution in [3.8, 4) is 50.2 Å². The molecule has 2 heteroatoms. The predicted octanol–water partition coefficient (Wildman–Crippen LogP) is 17.8. The van der Waals surface area contributed by atoms with Crippen LogP contribution >= 0.6 is 0 Å². The lowest BCUT2D eigenvalue weighted by Crippen LogP contribution is -2.23. The van der Waals surface area contributed by atoms with E-state index < -0.39 is 0 Å². The van der Waals surface area contributed by atoms with Crippen molar-refractivity contribution in [2.75, 3.05) is 4.90 Å². The van der Waals surface area contributed by atoms with Gasteiger partial charge in [0.25, 0.3) is 0 Å². The van der Waals surface area contributed by atoms with Crippen molar-refractivity contribution in [3.05, 3.63) is 266 Å². The van der Waals surface area contributed by atoms with Gasteiger partial charge in [0.1, 0.15) is 0 Å². The molecule has 0 N–H and O–H groups in total. The molecule has 318 valence electrons. The smallest absolute Gasteiger partial charge is 0.0553 e. The molecule has 67 heavy (non-hydrogen) atoms. The molecule has 0 aliphatic heterocycles. The Balaban J connectivity index is 1.06. The van der Waals surface area contributed by atoms with Crippen molar-refractivity contribution in [2.45, 2.75) is 18.8 Å². The molecule has 1 aliphatic rings. The number of fused-ring (bicyclic) bond motifs is 4. The normalized spacial score (nSPS) is 14.5.